The molecule has 1 aliphatic heterocycles. The third-order valence-corrected chi connectivity index (χ3v) is 6.97. The van der Waals surface area contributed by atoms with Gasteiger partial charge in [0, 0.05) is 35.7 Å². The number of fused-ring (bicyclic) bond motifs is 3. The van der Waals surface area contributed by atoms with Gasteiger partial charge in [-0.1, -0.05) is 24.3 Å². The summed E-state index contributed by atoms with van der Waals surface area (Å²) in [5.74, 6) is -0.368. The molecule has 3 N–H and O–H groups in total. The van der Waals surface area contributed by atoms with Crippen LogP contribution < -0.4 is 25.0 Å². The molecule has 0 radical (unpaired) electrons. The number of aromatic nitrogens is 1. The minimum absolute atomic E-state index is 0.0383. The Morgan fingerprint density at radius 3 is 2.71 bits per heavy atom. The van der Waals surface area contributed by atoms with Gasteiger partial charge in [0.25, 0.3) is 5.91 Å². The van der Waals surface area contributed by atoms with Crippen LogP contribution >= 0.6 is 0 Å². The molecule has 0 unspecified atom stereocenters. The summed E-state index contributed by atoms with van der Waals surface area (Å²) in [5.41, 5.74) is 2.14. The summed E-state index contributed by atoms with van der Waals surface area (Å²) in [6.45, 7) is 0.380. The molecule has 5 aromatic rings. The lowest BCUT2D eigenvalue weighted by Crippen LogP contribution is -2.44. The van der Waals surface area contributed by atoms with Crippen LogP contribution in [-0.4, -0.2) is 54.9 Å². The summed E-state index contributed by atoms with van der Waals surface area (Å²) in [4.78, 5) is 41.6. The van der Waals surface area contributed by atoms with Crippen LogP contribution in [0.5, 0.6) is 23.0 Å². The van der Waals surface area contributed by atoms with Crippen molar-refractivity contribution in [1.82, 2.24) is 10.3 Å². The van der Waals surface area contributed by atoms with E-state index in [1.165, 1.54) is 25.5 Å². The summed E-state index contributed by atoms with van der Waals surface area (Å²) >= 11 is 0. The molecule has 11 heteroatoms. The van der Waals surface area contributed by atoms with Gasteiger partial charge >= 0.3 is 5.97 Å². The second kappa shape index (κ2) is 11.2. The molecule has 0 saturated carbocycles. The molecule has 2 aromatic heterocycles. The second-order valence-corrected chi connectivity index (χ2v) is 9.65. The normalized spacial score (nSPS) is 13.1. The minimum atomic E-state index is -0.952. The Bertz CT molecular complexity index is 1870. The van der Waals surface area contributed by atoms with E-state index >= 15 is 0 Å². The lowest BCUT2D eigenvalue weighted by molar-refractivity contribution is -0.145. The molecule has 1 amide bonds. The Labute approximate surface area is 238 Å². The molecule has 0 fully saturated rings. The van der Waals surface area contributed by atoms with Crippen LogP contribution in [0.1, 0.15) is 5.56 Å². The van der Waals surface area contributed by atoms with Gasteiger partial charge in [-0.25, -0.2) is 4.79 Å². The van der Waals surface area contributed by atoms with Gasteiger partial charge in [-0.15, -0.1) is 0 Å². The van der Waals surface area contributed by atoms with Crippen LogP contribution in [0.25, 0.3) is 33.0 Å². The Kier molecular flexibility index (Phi) is 7.14. The number of benzene rings is 3. The zero-order chi connectivity index (χ0) is 29.2. The van der Waals surface area contributed by atoms with Crippen molar-refractivity contribution >= 4 is 33.7 Å². The first-order chi connectivity index (χ1) is 20.4. The topological polar surface area (TPSA) is 149 Å². The summed E-state index contributed by atoms with van der Waals surface area (Å²) in [5, 5.41) is 14.2. The number of hydrogen-bond donors (Lipinski definition) is 3. The summed E-state index contributed by atoms with van der Waals surface area (Å²) < 4.78 is 27.3. The van der Waals surface area contributed by atoms with E-state index < -0.39 is 30.0 Å². The Morgan fingerprint density at radius 2 is 1.88 bits per heavy atom. The van der Waals surface area contributed by atoms with Crippen LogP contribution in [0.15, 0.2) is 76.3 Å². The van der Waals surface area contributed by atoms with E-state index in [2.05, 4.69) is 10.3 Å². The number of rotatable bonds is 8. The third kappa shape index (κ3) is 5.19. The number of aromatic amines is 1. The SMILES string of the molecule is COC(=O)[C@@H](Cc1c[nH]c2ccccc12)NC(=O)COc1cc(O)c2c(=O)c(-c3ccc4c(c3)OCCO4)coc2c1. The number of H-pyrrole nitrogens is 1. The molecule has 11 nitrogen and oxygen atoms in total. The molecule has 214 valence electrons. The van der Waals surface area contributed by atoms with E-state index in [0.29, 0.717) is 30.3 Å². The lowest BCUT2D eigenvalue weighted by Gasteiger charge is -2.18. The van der Waals surface area contributed by atoms with Gasteiger partial charge in [0.05, 0.1) is 12.7 Å². The maximum absolute atomic E-state index is 13.3. The van der Waals surface area contributed by atoms with E-state index in [-0.39, 0.29) is 34.5 Å². The monoisotopic (exact) mass is 570 g/mol. The standard InChI is InChI=1S/C31H26N2O9/c1-38-31(37)23(10-18-14-32-22-5-3-2-4-20(18)22)33-28(35)16-41-19-12-24(34)29-27(13-19)42-15-21(30(29)36)17-6-7-25-26(11-17)40-9-8-39-25/h2-7,11-15,23,32,34H,8-10,16H2,1H3,(H,33,35)/t23-/m1/s1. The number of phenolic OH excluding ortho intramolecular Hbond substituents is 1. The largest absolute Gasteiger partial charge is 0.507 e. The van der Waals surface area contributed by atoms with Crippen molar-refractivity contribution in [1.29, 1.82) is 0 Å². The maximum Gasteiger partial charge on any atom is 0.328 e. The highest BCUT2D eigenvalue weighted by atomic mass is 16.6. The summed E-state index contributed by atoms with van der Waals surface area (Å²) in [6.07, 6.45) is 3.28. The van der Waals surface area contributed by atoms with Gasteiger partial charge in [-0.2, -0.15) is 0 Å². The van der Waals surface area contributed by atoms with Gasteiger partial charge in [-0.3, -0.25) is 9.59 Å². The molecule has 0 saturated heterocycles. The van der Waals surface area contributed by atoms with Gasteiger partial charge in [0.15, 0.2) is 18.1 Å². The van der Waals surface area contributed by atoms with Crippen molar-refractivity contribution in [3.63, 3.8) is 0 Å². The number of aromatic hydroxyl groups is 1. The van der Waals surface area contributed by atoms with Crippen molar-refractivity contribution < 1.29 is 38.1 Å². The molecule has 3 heterocycles. The third-order valence-electron chi connectivity index (χ3n) is 6.97. The quantitative estimate of drug-likeness (QED) is 0.237. The number of phenols is 1. The lowest BCUT2D eigenvalue weighted by atomic mass is 10.0. The molecule has 0 aliphatic carbocycles. The van der Waals surface area contributed by atoms with Crippen LogP contribution in [-0.2, 0) is 20.7 Å². The summed E-state index contributed by atoms with van der Waals surface area (Å²) in [7, 11) is 1.25. The van der Waals surface area contributed by atoms with Gasteiger partial charge < -0.3 is 38.8 Å². The number of ether oxygens (including phenoxy) is 4. The Balaban J connectivity index is 1.17. The predicted octanol–water partition coefficient (Wildman–Crippen LogP) is 3.70. The van der Waals surface area contributed by atoms with Crippen molar-refractivity contribution in [2.45, 2.75) is 12.5 Å². The first kappa shape index (κ1) is 26.8. The van der Waals surface area contributed by atoms with Crippen molar-refractivity contribution in [2.75, 3.05) is 26.9 Å². The molecule has 42 heavy (non-hydrogen) atoms. The molecular formula is C31H26N2O9. The van der Waals surface area contributed by atoms with E-state index in [9.17, 15) is 19.5 Å². The van der Waals surface area contributed by atoms with Crippen LogP contribution in [0, 0.1) is 0 Å². The van der Waals surface area contributed by atoms with E-state index in [1.807, 2.05) is 24.3 Å². The number of amides is 1. The highest BCUT2D eigenvalue weighted by Gasteiger charge is 2.24. The van der Waals surface area contributed by atoms with Crippen molar-refractivity contribution in [3.8, 4) is 34.1 Å². The number of carbonyl (C=O) groups is 2. The zero-order valence-corrected chi connectivity index (χ0v) is 22.5. The predicted molar refractivity (Wildman–Crippen MR) is 152 cm³/mol. The van der Waals surface area contributed by atoms with Crippen molar-refractivity contribution in [3.05, 3.63) is 82.8 Å². The van der Waals surface area contributed by atoms with E-state index in [0.717, 1.165) is 16.5 Å². The van der Waals surface area contributed by atoms with Crippen LogP contribution in [0.4, 0.5) is 0 Å². The van der Waals surface area contributed by atoms with Gasteiger partial charge in [0.1, 0.15) is 48.0 Å². The molecule has 0 spiro atoms. The number of nitrogens with one attached hydrogen (secondary N) is 2. The molecule has 6 rings (SSSR count). The highest BCUT2D eigenvalue weighted by molar-refractivity contribution is 5.89. The number of carbonyl (C=O) groups excluding carboxylic acids is 2. The molecule has 1 atom stereocenters. The first-order valence-corrected chi connectivity index (χ1v) is 13.1. The van der Waals surface area contributed by atoms with E-state index in [1.54, 1.807) is 24.4 Å². The molecule has 0 bridgehead atoms. The average Bonchev–Trinajstić information content (AvgIpc) is 3.41. The molecular weight excluding hydrogens is 544 g/mol. The number of methoxy groups -OCH3 is 1. The highest BCUT2D eigenvalue weighted by Crippen LogP contribution is 2.35. The van der Waals surface area contributed by atoms with E-state index in [4.69, 9.17) is 23.4 Å². The second-order valence-electron chi connectivity index (χ2n) is 9.65. The summed E-state index contributed by atoms with van der Waals surface area (Å²) in [6, 6.07) is 14.4. The molecule has 3 aromatic carbocycles. The first-order valence-electron chi connectivity index (χ1n) is 13.1. The smallest absolute Gasteiger partial charge is 0.328 e. The number of hydrogen-bond acceptors (Lipinski definition) is 9. The average molecular weight is 571 g/mol. The van der Waals surface area contributed by atoms with Crippen LogP contribution in [0.2, 0.25) is 0 Å². The molecule has 1 aliphatic rings. The fourth-order valence-corrected chi connectivity index (χ4v) is 4.94. The number of esters is 1. The van der Waals surface area contributed by atoms with Crippen LogP contribution in [0.3, 0.4) is 0 Å². The maximum atomic E-state index is 13.3. The fraction of sp³-hybridized carbons (Fsp3) is 0.194. The zero-order valence-electron chi connectivity index (χ0n) is 22.5. The number of para-hydroxylation sites is 1. The fourth-order valence-electron chi connectivity index (χ4n) is 4.94. The van der Waals surface area contributed by atoms with Gasteiger partial charge in [0.2, 0.25) is 5.43 Å². The minimum Gasteiger partial charge on any atom is -0.507 e. The Morgan fingerprint density at radius 1 is 1.07 bits per heavy atom. The van der Waals surface area contributed by atoms with Crippen molar-refractivity contribution in [2.24, 2.45) is 0 Å². The van der Waals surface area contributed by atoms with Gasteiger partial charge in [-0.05, 0) is 29.3 Å². The Hall–Kier alpha value is -5.45.